The number of hydrogen-bond acceptors (Lipinski definition) is 4. The molecule has 2 aliphatic rings. The van der Waals surface area contributed by atoms with Crippen LogP contribution in [0.25, 0.3) is 0 Å². The number of carbonyl (C=O) groups excluding carboxylic acids is 2. The fourth-order valence-corrected chi connectivity index (χ4v) is 5.17. The van der Waals surface area contributed by atoms with Crippen LogP contribution in [0.1, 0.15) is 94.9 Å². The molecule has 0 saturated heterocycles. The number of halogens is 1. The molecular formula is C28H39ClN4O3. The topological polar surface area (TPSA) is 76.5 Å². The third kappa shape index (κ3) is 5.72. The molecule has 2 aromatic rings. The largest absolute Gasteiger partial charge is 0.491 e. The summed E-state index contributed by atoms with van der Waals surface area (Å²) in [6.07, 6.45) is 6.68. The van der Waals surface area contributed by atoms with Gasteiger partial charge in [0.15, 0.2) is 0 Å². The maximum atomic E-state index is 13.9. The van der Waals surface area contributed by atoms with Crippen LogP contribution in [0, 0.1) is 0 Å². The van der Waals surface area contributed by atoms with Crippen LogP contribution in [0.5, 0.6) is 5.75 Å². The number of aromatic nitrogens is 2. The standard InChI is InChI=1S/C28H39ClN4O3/c1-19(2)36-22-14-12-20(13-15-22)17-32-25(34)23-16-24(27(3,4)29)31-33(23)18-28(32,5)26(35)30-21-10-8-6-7-9-11-21/h12-16,19,21H,6-11,17-18H2,1-5H3,(H,30,35). The van der Waals surface area contributed by atoms with Crippen LogP contribution >= 0.6 is 11.6 Å². The fourth-order valence-electron chi connectivity index (χ4n) is 5.07. The molecule has 2 heterocycles. The second-order valence-corrected chi connectivity index (χ2v) is 12.1. The smallest absolute Gasteiger partial charge is 0.273 e. The average Bonchev–Trinajstić information content (AvgIpc) is 3.07. The van der Waals surface area contributed by atoms with Crippen molar-refractivity contribution in [1.82, 2.24) is 20.0 Å². The molecule has 2 amide bonds. The molecule has 0 radical (unpaired) electrons. The Bertz CT molecular complexity index is 1080. The van der Waals surface area contributed by atoms with Gasteiger partial charge in [0.05, 0.1) is 23.2 Å². The highest BCUT2D eigenvalue weighted by molar-refractivity contribution is 6.23. The Hall–Kier alpha value is -2.54. The lowest BCUT2D eigenvalue weighted by Crippen LogP contribution is -2.64. The van der Waals surface area contributed by atoms with Gasteiger partial charge in [-0.1, -0.05) is 37.8 Å². The minimum absolute atomic E-state index is 0.0798. The minimum atomic E-state index is -1.09. The molecule has 36 heavy (non-hydrogen) atoms. The second-order valence-electron chi connectivity index (χ2n) is 11.2. The van der Waals surface area contributed by atoms with Gasteiger partial charge in [0.2, 0.25) is 5.91 Å². The predicted octanol–water partition coefficient (Wildman–Crippen LogP) is 5.40. The van der Waals surface area contributed by atoms with E-state index in [0.29, 0.717) is 17.9 Å². The van der Waals surface area contributed by atoms with E-state index >= 15 is 0 Å². The maximum absolute atomic E-state index is 13.9. The zero-order chi connectivity index (χ0) is 26.1. The van der Waals surface area contributed by atoms with Gasteiger partial charge in [-0.25, -0.2) is 0 Å². The lowest BCUT2D eigenvalue weighted by atomic mass is 9.93. The van der Waals surface area contributed by atoms with E-state index in [1.807, 2.05) is 58.9 Å². The molecule has 7 nitrogen and oxygen atoms in total. The summed E-state index contributed by atoms with van der Waals surface area (Å²) in [4.78, 5) is 28.7. The third-order valence-corrected chi connectivity index (χ3v) is 7.42. The number of amides is 2. The van der Waals surface area contributed by atoms with Crippen molar-refractivity contribution in [2.45, 2.75) is 109 Å². The molecular weight excluding hydrogens is 476 g/mol. The molecule has 1 fully saturated rings. The van der Waals surface area contributed by atoms with E-state index in [2.05, 4.69) is 10.4 Å². The van der Waals surface area contributed by atoms with E-state index in [4.69, 9.17) is 16.3 Å². The van der Waals surface area contributed by atoms with Gasteiger partial charge in [-0.2, -0.15) is 5.10 Å². The Labute approximate surface area is 219 Å². The molecule has 1 aliphatic heterocycles. The number of alkyl halides is 1. The van der Waals surface area contributed by atoms with Gasteiger partial charge in [-0.15, -0.1) is 11.6 Å². The van der Waals surface area contributed by atoms with Crippen LogP contribution in [-0.4, -0.2) is 44.2 Å². The number of carbonyl (C=O) groups is 2. The first-order valence-corrected chi connectivity index (χ1v) is 13.5. The summed E-state index contributed by atoms with van der Waals surface area (Å²) in [5, 5.41) is 7.92. The molecule has 1 aromatic heterocycles. The number of hydrogen-bond donors (Lipinski definition) is 1. The maximum Gasteiger partial charge on any atom is 0.273 e. The molecule has 4 rings (SSSR count). The van der Waals surface area contributed by atoms with E-state index in [9.17, 15) is 9.59 Å². The highest BCUT2D eigenvalue weighted by Crippen LogP contribution is 2.34. The van der Waals surface area contributed by atoms with Crippen LogP contribution in [0.15, 0.2) is 30.3 Å². The summed E-state index contributed by atoms with van der Waals surface area (Å²) in [6.45, 7) is 10.1. The average molecular weight is 515 g/mol. The molecule has 0 bridgehead atoms. The zero-order valence-corrected chi connectivity index (χ0v) is 22.9. The first kappa shape index (κ1) is 26.5. The predicted molar refractivity (Wildman–Crippen MR) is 141 cm³/mol. The van der Waals surface area contributed by atoms with Crippen LogP contribution < -0.4 is 10.1 Å². The Kier molecular flexibility index (Phi) is 7.69. The number of benzene rings is 1. The van der Waals surface area contributed by atoms with E-state index in [1.165, 1.54) is 12.8 Å². The SMILES string of the molecule is CC(C)Oc1ccc(CN2C(=O)c3cc(C(C)(C)Cl)nn3CC2(C)C(=O)NC2CCCCCC2)cc1. The molecule has 1 aliphatic carbocycles. The lowest BCUT2D eigenvalue weighted by molar-refractivity contribution is -0.134. The molecule has 1 saturated carbocycles. The van der Waals surface area contributed by atoms with Crippen molar-refractivity contribution >= 4 is 23.4 Å². The monoisotopic (exact) mass is 514 g/mol. The summed E-state index contributed by atoms with van der Waals surface area (Å²) in [7, 11) is 0. The minimum Gasteiger partial charge on any atom is -0.491 e. The van der Waals surface area contributed by atoms with E-state index in [-0.39, 0.29) is 30.5 Å². The van der Waals surface area contributed by atoms with Crippen LogP contribution in [0.4, 0.5) is 0 Å². The molecule has 0 spiro atoms. The molecule has 1 unspecified atom stereocenters. The van der Waals surface area contributed by atoms with Gasteiger partial charge in [-0.3, -0.25) is 14.3 Å². The summed E-state index contributed by atoms with van der Waals surface area (Å²) in [5.74, 6) is 0.428. The summed E-state index contributed by atoms with van der Waals surface area (Å²) in [6, 6.07) is 9.61. The van der Waals surface area contributed by atoms with Gasteiger partial charge in [0.25, 0.3) is 5.91 Å². The highest BCUT2D eigenvalue weighted by atomic mass is 35.5. The Morgan fingerprint density at radius 1 is 1.19 bits per heavy atom. The number of nitrogens with zero attached hydrogens (tertiary/aromatic N) is 3. The van der Waals surface area contributed by atoms with Gasteiger partial charge in [0.1, 0.15) is 17.0 Å². The van der Waals surface area contributed by atoms with Crippen molar-refractivity contribution in [3.05, 3.63) is 47.3 Å². The quantitative estimate of drug-likeness (QED) is 0.396. The first-order valence-electron chi connectivity index (χ1n) is 13.1. The third-order valence-electron chi connectivity index (χ3n) is 7.22. The van der Waals surface area contributed by atoms with Crippen molar-refractivity contribution in [2.75, 3.05) is 0 Å². The Morgan fingerprint density at radius 2 is 1.83 bits per heavy atom. The summed E-state index contributed by atoms with van der Waals surface area (Å²) >= 11 is 6.53. The lowest BCUT2D eigenvalue weighted by Gasteiger charge is -2.44. The molecule has 196 valence electrons. The van der Waals surface area contributed by atoms with Crippen LogP contribution in [0.3, 0.4) is 0 Å². The second kappa shape index (κ2) is 10.4. The van der Waals surface area contributed by atoms with Crippen molar-refractivity contribution in [1.29, 1.82) is 0 Å². The molecule has 1 atom stereocenters. The number of ether oxygens (including phenoxy) is 1. The fraction of sp³-hybridized carbons (Fsp3) is 0.607. The zero-order valence-electron chi connectivity index (χ0n) is 22.1. The Balaban J connectivity index is 1.65. The van der Waals surface area contributed by atoms with Crippen molar-refractivity contribution in [3.8, 4) is 5.75 Å². The molecule has 8 heteroatoms. The Morgan fingerprint density at radius 3 is 2.42 bits per heavy atom. The number of nitrogens with one attached hydrogen (secondary N) is 1. The normalized spacial score (nSPS) is 21.3. The first-order chi connectivity index (χ1) is 17.0. The van der Waals surface area contributed by atoms with Gasteiger partial charge < -0.3 is 15.0 Å². The van der Waals surface area contributed by atoms with Crippen molar-refractivity contribution in [2.24, 2.45) is 0 Å². The van der Waals surface area contributed by atoms with Gasteiger partial charge in [-0.05, 0) is 71.2 Å². The molecule has 1 N–H and O–H groups in total. The highest BCUT2D eigenvalue weighted by Gasteiger charge is 2.48. The summed E-state index contributed by atoms with van der Waals surface area (Å²) < 4.78 is 7.42. The van der Waals surface area contributed by atoms with Crippen LogP contribution in [0.2, 0.25) is 0 Å². The van der Waals surface area contributed by atoms with E-state index < -0.39 is 10.4 Å². The van der Waals surface area contributed by atoms with Crippen molar-refractivity contribution < 1.29 is 14.3 Å². The number of fused-ring (bicyclic) bond motifs is 1. The van der Waals surface area contributed by atoms with E-state index in [1.54, 1.807) is 15.6 Å². The summed E-state index contributed by atoms with van der Waals surface area (Å²) in [5.41, 5.74) is 0.914. The molecule has 1 aromatic carbocycles. The van der Waals surface area contributed by atoms with Crippen molar-refractivity contribution in [3.63, 3.8) is 0 Å². The van der Waals surface area contributed by atoms with Gasteiger partial charge >= 0.3 is 0 Å². The van der Waals surface area contributed by atoms with Gasteiger partial charge in [0, 0.05) is 12.6 Å². The van der Waals surface area contributed by atoms with Crippen LogP contribution in [-0.2, 0) is 22.8 Å². The van der Waals surface area contributed by atoms with E-state index in [0.717, 1.165) is 37.0 Å². The number of rotatable bonds is 7.